The summed E-state index contributed by atoms with van der Waals surface area (Å²) in [7, 11) is 0. The van der Waals surface area contributed by atoms with E-state index in [0.29, 0.717) is 28.7 Å². The second-order valence-electron chi connectivity index (χ2n) is 5.27. The van der Waals surface area contributed by atoms with Gasteiger partial charge in [-0.15, -0.1) is 0 Å². The maximum absolute atomic E-state index is 11.7. The first-order valence-electron chi connectivity index (χ1n) is 7.67. The monoisotopic (exact) mass is 380 g/mol. The molecule has 0 saturated heterocycles. The SMILES string of the molecule is O=C(COCC(=O)Nc1ccc(Cl)cc1)NCCc1ccc(Cl)cc1. The Labute approximate surface area is 156 Å². The minimum absolute atomic E-state index is 0.172. The molecule has 0 bridgehead atoms. The summed E-state index contributed by atoms with van der Waals surface area (Å²) in [6.07, 6.45) is 0.694. The third-order valence-corrected chi connectivity index (χ3v) is 3.75. The van der Waals surface area contributed by atoms with Crippen molar-refractivity contribution in [2.24, 2.45) is 0 Å². The number of halogens is 2. The molecule has 0 atom stereocenters. The van der Waals surface area contributed by atoms with Gasteiger partial charge < -0.3 is 15.4 Å². The summed E-state index contributed by atoms with van der Waals surface area (Å²) < 4.78 is 5.10. The van der Waals surface area contributed by atoms with Crippen LogP contribution < -0.4 is 10.6 Å². The number of carbonyl (C=O) groups is 2. The molecule has 5 nitrogen and oxygen atoms in total. The van der Waals surface area contributed by atoms with Crippen LogP contribution in [0.4, 0.5) is 5.69 Å². The third kappa shape index (κ3) is 7.56. The maximum atomic E-state index is 11.7. The summed E-state index contributed by atoms with van der Waals surface area (Å²) in [6, 6.07) is 14.1. The number of carbonyl (C=O) groups excluding carboxylic acids is 2. The lowest BCUT2D eigenvalue weighted by molar-refractivity contribution is -0.128. The van der Waals surface area contributed by atoms with Crippen LogP contribution in [0.5, 0.6) is 0 Å². The van der Waals surface area contributed by atoms with E-state index in [1.807, 2.05) is 12.1 Å². The van der Waals surface area contributed by atoms with Gasteiger partial charge in [-0.3, -0.25) is 9.59 Å². The van der Waals surface area contributed by atoms with E-state index in [1.165, 1.54) is 0 Å². The Kier molecular flexibility index (Phi) is 7.73. The molecular formula is C18H18Cl2N2O3. The van der Waals surface area contributed by atoms with Crippen molar-refractivity contribution in [1.82, 2.24) is 5.32 Å². The van der Waals surface area contributed by atoms with E-state index in [9.17, 15) is 9.59 Å². The normalized spacial score (nSPS) is 10.3. The van der Waals surface area contributed by atoms with Crippen molar-refractivity contribution in [3.63, 3.8) is 0 Å². The van der Waals surface area contributed by atoms with Crippen LogP contribution in [0.3, 0.4) is 0 Å². The summed E-state index contributed by atoms with van der Waals surface area (Å²) in [5, 5.41) is 6.65. The van der Waals surface area contributed by atoms with Crippen molar-refractivity contribution >= 4 is 40.7 Å². The lowest BCUT2D eigenvalue weighted by Gasteiger charge is -2.07. The Morgan fingerprint density at radius 1 is 0.840 bits per heavy atom. The zero-order valence-corrected chi connectivity index (χ0v) is 14.9. The highest BCUT2D eigenvalue weighted by molar-refractivity contribution is 6.30. The number of benzene rings is 2. The van der Waals surface area contributed by atoms with Crippen molar-refractivity contribution in [3.8, 4) is 0 Å². The van der Waals surface area contributed by atoms with Gasteiger partial charge in [0.05, 0.1) is 0 Å². The van der Waals surface area contributed by atoms with Gasteiger partial charge in [-0.1, -0.05) is 35.3 Å². The van der Waals surface area contributed by atoms with Crippen LogP contribution in [0.1, 0.15) is 5.56 Å². The molecule has 0 spiro atoms. The highest BCUT2D eigenvalue weighted by Gasteiger charge is 2.06. The van der Waals surface area contributed by atoms with E-state index < -0.39 is 0 Å². The molecule has 132 valence electrons. The highest BCUT2D eigenvalue weighted by Crippen LogP contribution is 2.13. The van der Waals surface area contributed by atoms with Crippen LogP contribution >= 0.6 is 23.2 Å². The van der Waals surface area contributed by atoms with Crippen LogP contribution in [0.25, 0.3) is 0 Å². The summed E-state index contributed by atoms with van der Waals surface area (Å²) in [6.45, 7) is 0.114. The molecule has 0 aliphatic rings. The van der Waals surface area contributed by atoms with Crippen molar-refractivity contribution < 1.29 is 14.3 Å². The minimum atomic E-state index is -0.337. The van der Waals surface area contributed by atoms with E-state index >= 15 is 0 Å². The van der Waals surface area contributed by atoms with Crippen LogP contribution in [0.15, 0.2) is 48.5 Å². The molecule has 2 aromatic carbocycles. The maximum Gasteiger partial charge on any atom is 0.250 e. The number of hydrogen-bond acceptors (Lipinski definition) is 3. The van der Waals surface area contributed by atoms with Crippen LogP contribution in [-0.4, -0.2) is 31.6 Å². The molecule has 2 amide bonds. The Balaban J connectivity index is 1.59. The average molecular weight is 381 g/mol. The lowest BCUT2D eigenvalue weighted by atomic mass is 10.1. The number of anilines is 1. The first-order chi connectivity index (χ1) is 12.0. The quantitative estimate of drug-likeness (QED) is 0.737. The van der Waals surface area contributed by atoms with Crippen LogP contribution in [0.2, 0.25) is 10.0 Å². The standard InChI is InChI=1S/C18H18Cl2N2O3/c19-14-3-1-13(2-4-14)9-10-21-17(23)11-25-12-18(24)22-16-7-5-15(20)6-8-16/h1-8H,9-12H2,(H,21,23)(H,22,24). The zero-order chi connectivity index (χ0) is 18.1. The van der Waals surface area contributed by atoms with Crippen LogP contribution in [0, 0.1) is 0 Å². The fourth-order valence-electron chi connectivity index (χ4n) is 2.02. The van der Waals surface area contributed by atoms with Gasteiger partial charge in [-0.2, -0.15) is 0 Å². The molecule has 2 N–H and O–H groups in total. The topological polar surface area (TPSA) is 67.4 Å². The fraction of sp³-hybridized carbons (Fsp3) is 0.222. The third-order valence-electron chi connectivity index (χ3n) is 3.24. The lowest BCUT2D eigenvalue weighted by Crippen LogP contribution is -2.31. The first-order valence-corrected chi connectivity index (χ1v) is 8.43. The molecule has 0 aliphatic heterocycles. The molecule has 0 saturated carbocycles. The van der Waals surface area contributed by atoms with Gasteiger partial charge in [0.25, 0.3) is 0 Å². The van der Waals surface area contributed by atoms with Gasteiger partial charge in [0.1, 0.15) is 13.2 Å². The van der Waals surface area contributed by atoms with E-state index in [1.54, 1.807) is 36.4 Å². The number of rotatable bonds is 8. The van der Waals surface area contributed by atoms with Gasteiger partial charge in [0, 0.05) is 22.3 Å². The van der Waals surface area contributed by atoms with E-state index in [0.717, 1.165) is 5.56 Å². The van der Waals surface area contributed by atoms with Gasteiger partial charge in [0.2, 0.25) is 11.8 Å². The fourth-order valence-corrected chi connectivity index (χ4v) is 2.27. The predicted molar refractivity (Wildman–Crippen MR) is 99.1 cm³/mol. The molecule has 0 heterocycles. The van der Waals surface area contributed by atoms with Gasteiger partial charge in [0.15, 0.2) is 0 Å². The van der Waals surface area contributed by atoms with Crippen molar-refractivity contribution in [3.05, 3.63) is 64.1 Å². The Bertz CT molecular complexity index is 703. The van der Waals surface area contributed by atoms with Gasteiger partial charge >= 0.3 is 0 Å². The Morgan fingerprint density at radius 3 is 2.04 bits per heavy atom. The van der Waals surface area contributed by atoms with E-state index in [-0.39, 0.29) is 25.0 Å². The summed E-state index contributed by atoms with van der Waals surface area (Å²) in [4.78, 5) is 23.4. The molecular weight excluding hydrogens is 363 g/mol. The van der Waals surface area contributed by atoms with Crippen LogP contribution in [-0.2, 0) is 20.7 Å². The minimum Gasteiger partial charge on any atom is -0.362 e. The number of ether oxygens (including phenoxy) is 1. The number of hydrogen-bond donors (Lipinski definition) is 2. The summed E-state index contributed by atoms with van der Waals surface area (Å²) in [5.74, 6) is -0.607. The zero-order valence-electron chi connectivity index (χ0n) is 13.4. The average Bonchev–Trinajstić information content (AvgIpc) is 2.59. The largest absolute Gasteiger partial charge is 0.362 e. The summed E-state index contributed by atoms with van der Waals surface area (Å²) >= 11 is 11.6. The molecule has 0 aliphatic carbocycles. The molecule has 0 fully saturated rings. The first kappa shape index (κ1) is 19.2. The molecule has 2 aromatic rings. The Hall–Kier alpha value is -2.08. The molecule has 25 heavy (non-hydrogen) atoms. The molecule has 7 heteroatoms. The molecule has 0 radical (unpaired) electrons. The molecule has 0 unspecified atom stereocenters. The second-order valence-corrected chi connectivity index (χ2v) is 6.15. The summed E-state index contributed by atoms with van der Waals surface area (Å²) in [5.41, 5.74) is 1.69. The van der Waals surface area contributed by atoms with E-state index in [2.05, 4.69) is 10.6 Å². The number of nitrogens with one attached hydrogen (secondary N) is 2. The van der Waals surface area contributed by atoms with Crippen molar-refractivity contribution in [2.45, 2.75) is 6.42 Å². The predicted octanol–water partition coefficient (Wildman–Crippen LogP) is 3.31. The number of amides is 2. The highest BCUT2D eigenvalue weighted by atomic mass is 35.5. The van der Waals surface area contributed by atoms with Crippen molar-refractivity contribution in [2.75, 3.05) is 25.1 Å². The van der Waals surface area contributed by atoms with E-state index in [4.69, 9.17) is 27.9 Å². The molecule has 2 rings (SSSR count). The smallest absolute Gasteiger partial charge is 0.250 e. The van der Waals surface area contributed by atoms with Gasteiger partial charge in [-0.25, -0.2) is 0 Å². The molecule has 0 aromatic heterocycles. The van der Waals surface area contributed by atoms with Crippen molar-refractivity contribution in [1.29, 1.82) is 0 Å². The Morgan fingerprint density at radius 2 is 1.40 bits per heavy atom. The van der Waals surface area contributed by atoms with Gasteiger partial charge in [-0.05, 0) is 48.4 Å². The second kappa shape index (κ2) is 10.0.